The molecule has 7 heteroatoms. The third kappa shape index (κ3) is 3.45. The van der Waals surface area contributed by atoms with Crippen LogP contribution < -0.4 is 0 Å². The number of benzene rings is 1. The number of aliphatic hydroxyl groups excluding tert-OH is 1. The quantitative estimate of drug-likeness (QED) is 0.547. The molecule has 1 aromatic carbocycles. The number of rotatable bonds is 7. The van der Waals surface area contributed by atoms with Crippen LogP contribution in [0, 0.1) is 0 Å². The number of carbonyl (C=O) groups is 2. The zero-order valence-electron chi connectivity index (χ0n) is 14.1. The summed E-state index contributed by atoms with van der Waals surface area (Å²) in [7, 11) is 1.58. The molecule has 136 valence electrons. The fraction of sp³-hybridized carbons (Fsp3) is 0.263. The minimum absolute atomic E-state index is 0.0282. The Hall–Kier alpha value is -2.38. The molecule has 3 rings (SSSR count). The summed E-state index contributed by atoms with van der Waals surface area (Å²) in [5.41, 5.74) is 0.754. The van der Waals surface area contributed by atoms with Crippen LogP contribution in [0.1, 0.15) is 28.6 Å². The normalized spacial score (nSPS) is 17.2. The van der Waals surface area contributed by atoms with Crippen molar-refractivity contribution in [3.8, 4) is 0 Å². The maximum absolute atomic E-state index is 12.9. The van der Waals surface area contributed by atoms with Crippen LogP contribution in [-0.4, -0.2) is 42.0 Å². The summed E-state index contributed by atoms with van der Waals surface area (Å²) in [6.07, 6.45) is 1.97. The lowest BCUT2D eigenvalue weighted by atomic mass is 9.95. The second kappa shape index (κ2) is 7.88. The van der Waals surface area contributed by atoms with Gasteiger partial charge in [-0.25, -0.2) is 0 Å². The Balaban J connectivity index is 2.04. The Morgan fingerprint density at radius 1 is 1.35 bits per heavy atom. The summed E-state index contributed by atoms with van der Waals surface area (Å²) >= 11 is 3.41. The molecule has 0 bridgehead atoms. The number of amides is 1. The van der Waals surface area contributed by atoms with Gasteiger partial charge in [-0.2, -0.15) is 0 Å². The predicted octanol–water partition coefficient (Wildman–Crippen LogP) is 3.66. The minimum atomic E-state index is -0.686. The van der Waals surface area contributed by atoms with Crippen LogP contribution in [-0.2, 0) is 9.53 Å². The molecule has 6 nitrogen and oxygen atoms in total. The molecule has 1 amide bonds. The molecule has 2 aromatic rings. The van der Waals surface area contributed by atoms with E-state index in [0.29, 0.717) is 19.6 Å². The number of hydrogen-bond acceptors (Lipinski definition) is 5. The van der Waals surface area contributed by atoms with E-state index >= 15 is 0 Å². The van der Waals surface area contributed by atoms with Crippen LogP contribution in [0.15, 0.2) is 62.9 Å². The third-order valence-corrected chi connectivity index (χ3v) is 4.70. The van der Waals surface area contributed by atoms with Crippen molar-refractivity contribution in [1.82, 2.24) is 4.90 Å². The second-order valence-electron chi connectivity index (χ2n) is 5.87. The summed E-state index contributed by atoms with van der Waals surface area (Å²) in [6.45, 7) is 0.820. The number of nitrogens with zero attached hydrogens (tertiary/aromatic N) is 1. The number of ether oxygens (including phenoxy) is 1. The van der Waals surface area contributed by atoms with E-state index in [-0.39, 0.29) is 11.3 Å². The molecule has 1 N–H and O–H groups in total. The highest BCUT2D eigenvalue weighted by atomic mass is 79.9. The summed E-state index contributed by atoms with van der Waals surface area (Å²) in [5.74, 6) is -1.52. The number of aliphatic hydroxyl groups is 1. The highest BCUT2D eigenvalue weighted by molar-refractivity contribution is 9.10. The minimum Gasteiger partial charge on any atom is -0.503 e. The van der Waals surface area contributed by atoms with Crippen LogP contribution in [0.4, 0.5) is 0 Å². The summed E-state index contributed by atoms with van der Waals surface area (Å²) in [4.78, 5) is 27.0. The summed E-state index contributed by atoms with van der Waals surface area (Å²) < 4.78 is 11.0. The molecule has 0 spiro atoms. The van der Waals surface area contributed by atoms with Gasteiger partial charge in [0.15, 0.2) is 11.5 Å². The van der Waals surface area contributed by atoms with E-state index < -0.39 is 23.5 Å². The zero-order valence-corrected chi connectivity index (χ0v) is 15.7. The topological polar surface area (TPSA) is 80.0 Å². The van der Waals surface area contributed by atoms with E-state index in [1.54, 1.807) is 13.2 Å². The van der Waals surface area contributed by atoms with Gasteiger partial charge < -0.3 is 19.2 Å². The standard InChI is InChI=1S/C19H18BrNO5/c1-25-9-4-8-21-16(12-5-2-6-13(20)11-12)15(18(23)19(21)24)17(22)14-7-3-10-26-14/h2-3,5-7,10-11,16,23H,4,8-9H2,1H3/t16-/m1/s1. The molecule has 26 heavy (non-hydrogen) atoms. The summed E-state index contributed by atoms with van der Waals surface area (Å²) in [5, 5.41) is 10.4. The molecule has 0 saturated carbocycles. The van der Waals surface area contributed by atoms with Gasteiger partial charge in [0.1, 0.15) is 0 Å². The van der Waals surface area contributed by atoms with Gasteiger partial charge in [0.05, 0.1) is 17.9 Å². The number of halogens is 1. The van der Waals surface area contributed by atoms with Crippen LogP contribution in [0.25, 0.3) is 0 Å². The lowest BCUT2D eigenvalue weighted by Crippen LogP contribution is -2.32. The number of Topliss-reactive ketones (excluding diaryl/α,β-unsaturated/α-hetero) is 1. The third-order valence-electron chi connectivity index (χ3n) is 4.21. The van der Waals surface area contributed by atoms with Crippen LogP contribution in [0.2, 0.25) is 0 Å². The van der Waals surface area contributed by atoms with E-state index in [1.807, 2.05) is 24.3 Å². The predicted molar refractivity (Wildman–Crippen MR) is 97.8 cm³/mol. The summed E-state index contributed by atoms with van der Waals surface area (Å²) in [6, 6.07) is 9.74. The monoisotopic (exact) mass is 419 g/mol. The molecule has 1 aromatic heterocycles. The van der Waals surface area contributed by atoms with E-state index in [2.05, 4.69) is 15.9 Å². The fourth-order valence-electron chi connectivity index (χ4n) is 3.06. The first-order chi connectivity index (χ1) is 12.5. The van der Waals surface area contributed by atoms with E-state index in [4.69, 9.17) is 9.15 Å². The molecule has 1 atom stereocenters. The number of carbonyl (C=O) groups excluding carboxylic acids is 2. The molecule has 1 aliphatic heterocycles. The van der Waals surface area contributed by atoms with Crippen LogP contribution >= 0.6 is 15.9 Å². The Morgan fingerprint density at radius 2 is 2.15 bits per heavy atom. The molecular formula is C19H18BrNO5. The van der Waals surface area contributed by atoms with Gasteiger partial charge in [-0.05, 0) is 36.2 Å². The fourth-order valence-corrected chi connectivity index (χ4v) is 3.48. The van der Waals surface area contributed by atoms with Gasteiger partial charge in [-0.3, -0.25) is 9.59 Å². The van der Waals surface area contributed by atoms with Gasteiger partial charge >= 0.3 is 0 Å². The number of furan rings is 1. The van der Waals surface area contributed by atoms with Gasteiger partial charge in [0, 0.05) is 24.7 Å². The first kappa shape index (κ1) is 18.4. The van der Waals surface area contributed by atoms with Crippen molar-refractivity contribution in [2.24, 2.45) is 0 Å². The van der Waals surface area contributed by atoms with Gasteiger partial charge in [0.2, 0.25) is 5.78 Å². The average Bonchev–Trinajstić information content (AvgIpc) is 3.24. The Kier molecular flexibility index (Phi) is 5.58. The Bertz CT molecular complexity index is 843. The van der Waals surface area contributed by atoms with Crippen molar-refractivity contribution in [3.05, 3.63) is 69.8 Å². The van der Waals surface area contributed by atoms with Crippen molar-refractivity contribution in [1.29, 1.82) is 0 Å². The van der Waals surface area contributed by atoms with Crippen molar-refractivity contribution in [3.63, 3.8) is 0 Å². The molecule has 0 aliphatic carbocycles. The zero-order chi connectivity index (χ0) is 18.7. The largest absolute Gasteiger partial charge is 0.503 e. The van der Waals surface area contributed by atoms with Crippen molar-refractivity contribution in [2.45, 2.75) is 12.5 Å². The van der Waals surface area contributed by atoms with Gasteiger partial charge in [-0.1, -0.05) is 28.1 Å². The SMILES string of the molecule is COCCCN1C(=O)C(O)=C(C(=O)c2ccco2)[C@H]1c1cccc(Br)c1. The van der Waals surface area contributed by atoms with Gasteiger partial charge in [0.25, 0.3) is 5.91 Å². The van der Waals surface area contributed by atoms with Crippen LogP contribution in [0.3, 0.4) is 0 Å². The first-order valence-corrected chi connectivity index (χ1v) is 8.90. The van der Waals surface area contributed by atoms with E-state index in [1.165, 1.54) is 17.2 Å². The molecule has 0 saturated heterocycles. The maximum atomic E-state index is 12.9. The maximum Gasteiger partial charge on any atom is 0.290 e. The number of ketones is 1. The molecule has 0 radical (unpaired) electrons. The highest BCUT2D eigenvalue weighted by Crippen LogP contribution is 2.39. The lowest BCUT2D eigenvalue weighted by Gasteiger charge is -2.26. The van der Waals surface area contributed by atoms with Crippen molar-refractivity contribution < 1.29 is 23.8 Å². The molecule has 0 fully saturated rings. The lowest BCUT2D eigenvalue weighted by molar-refractivity contribution is -0.129. The molecular weight excluding hydrogens is 402 g/mol. The second-order valence-corrected chi connectivity index (χ2v) is 6.79. The van der Waals surface area contributed by atoms with E-state index in [9.17, 15) is 14.7 Å². The average molecular weight is 420 g/mol. The van der Waals surface area contributed by atoms with E-state index in [0.717, 1.165) is 10.0 Å². The van der Waals surface area contributed by atoms with Crippen molar-refractivity contribution >= 4 is 27.6 Å². The van der Waals surface area contributed by atoms with Crippen LogP contribution in [0.5, 0.6) is 0 Å². The number of methoxy groups -OCH3 is 1. The Morgan fingerprint density at radius 3 is 2.81 bits per heavy atom. The molecule has 2 heterocycles. The molecule has 0 unspecified atom stereocenters. The van der Waals surface area contributed by atoms with Crippen molar-refractivity contribution in [2.75, 3.05) is 20.3 Å². The van der Waals surface area contributed by atoms with Gasteiger partial charge in [-0.15, -0.1) is 0 Å². The molecule has 1 aliphatic rings. The Labute approximate surface area is 159 Å². The first-order valence-electron chi connectivity index (χ1n) is 8.11. The highest BCUT2D eigenvalue weighted by Gasteiger charge is 2.44. The smallest absolute Gasteiger partial charge is 0.290 e. The number of hydrogen-bond donors (Lipinski definition) is 1.